The van der Waals surface area contributed by atoms with E-state index in [-0.39, 0.29) is 5.91 Å². The Kier molecular flexibility index (Phi) is 4.85. The molecule has 4 rings (SSSR count). The van der Waals surface area contributed by atoms with E-state index in [0.29, 0.717) is 38.0 Å². The first-order valence-electron chi connectivity index (χ1n) is 9.21. The molecule has 1 aliphatic heterocycles. The molecule has 1 aliphatic rings. The van der Waals surface area contributed by atoms with Gasteiger partial charge in [0.15, 0.2) is 11.5 Å². The van der Waals surface area contributed by atoms with Crippen molar-refractivity contribution in [2.24, 2.45) is 10.2 Å². The van der Waals surface area contributed by atoms with Gasteiger partial charge >= 0.3 is 0 Å². The van der Waals surface area contributed by atoms with Crippen LogP contribution in [-0.4, -0.2) is 26.3 Å². The number of anilines is 1. The van der Waals surface area contributed by atoms with E-state index < -0.39 is 5.66 Å². The van der Waals surface area contributed by atoms with Crippen molar-refractivity contribution in [2.75, 3.05) is 5.32 Å². The second kappa shape index (κ2) is 7.61. The summed E-state index contributed by atoms with van der Waals surface area (Å²) >= 11 is 0. The highest BCUT2D eigenvalue weighted by molar-refractivity contribution is 5.89. The molecule has 3 heterocycles. The van der Waals surface area contributed by atoms with Crippen molar-refractivity contribution >= 4 is 22.6 Å². The van der Waals surface area contributed by atoms with Gasteiger partial charge in [-0.3, -0.25) is 14.5 Å². The van der Waals surface area contributed by atoms with Gasteiger partial charge in [0.25, 0.3) is 0 Å². The monoisotopic (exact) mass is 372 g/mol. The molecule has 0 saturated heterocycles. The Hall–Kier alpha value is -3.53. The number of hydrogen-bond acceptors (Lipinski definition) is 5. The third kappa shape index (κ3) is 4.07. The van der Waals surface area contributed by atoms with Crippen molar-refractivity contribution < 1.29 is 4.79 Å². The van der Waals surface area contributed by atoms with Gasteiger partial charge in [-0.1, -0.05) is 24.3 Å². The summed E-state index contributed by atoms with van der Waals surface area (Å²) in [6, 6.07) is 11.8. The van der Waals surface area contributed by atoms with Crippen molar-refractivity contribution in [3.05, 3.63) is 54.4 Å². The number of aromatic nitrogens is 3. The molecule has 7 heteroatoms. The highest BCUT2D eigenvalue weighted by atomic mass is 16.1. The quantitative estimate of drug-likeness (QED) is 0.611. The van der Waals surface area contributed by atoms with Gasteiger partial charge in [0, 0.05) is 49.5 Å². The van der Waals surface area contributed by atoms with Crippen LogP contribution in [0, 0.1) is 12.3 Å². The van der Waals surface area contributed by atoms with E-state index in [1.165, 1.54) is 0 Å². The van der Waals surface area contributed by atoms with Gasteiger partial charge < -0.3 is 5.32 Å². The maximum absolute atomic E-state index is 12.2. The first kappa shape index (κ1) is 17.9. The minimum absolute atomic E-state index is 0.102. The second-order valence-corrected chi connectivity index (χ2v) is 6.83. The molecule has 1 amide bonds. The molecule has 0 spiro atoms. The Balaban J connectivity index is 1.34. The molecule has 1 aromatic carbocycles. The lowest BCUT2D eigenvalue weighted by molar-refractivity contribution is -0.116. The summed E-state index contributed by atoms with van der Waals surface area (Å²) in [5, 5.41) is 16.5. The van der Waals surface area contributed by atoms with E-state index in [4.69, 9.17) is 6.42 Å². The van der Waals surface area contributed by atoms with Crippen LogP contribution < -0.4 is 5.32 Å². The van der Waals surface area contributed by atoms with E-state index in [1.807, 2.05) is 36.5 Å². The van der Waals surface area contributed by atoms with Gasteiger partial charge in [-0.2, -0.15) is 15.3 Å². The smallest absolute Gasteiger partial charge is 0.225 e. The van der Waals surface area contributed by atoms with E-state index in [0.717, 1.165) is 16.5 Å². The molecule has 0 atom stereocenters. The second-order valence-electron chi connectivity index (χ2n) is 6.83. The Morgan fingerprint density at radius 3 is 2.86 bits per heavy atom. The summed E-state index contributed by atoms with van der Waals surface area (Å²) < 4.78 is 1.79. The highest BCUT2D eigenvalue weighted by Crippen LogP contribution is 2.37. The van der Waals surface area contributed by atoms with Crippen LogP contribution in [0.1, 0.15) is 31.2 Å². The minimum Gasteiger partial charge on any atom is -0.309 e. The van der Waals surface area contributed by atoms with E-state index in [2.05, 4.69) is 31.5 Å². The largest absolute Gasteiger partial charge is 0.309 e. The van der Waals surface area contributed by atoms with Crippen molar-refractivity contribution in [1.29, 1.82) is 0 Å². The number of hydrogen-bond donors (Lipinski definition) is 1. The fourth-order valence-electron chi connectivity index (χ4n) is 3.17. The summed E-state index contributed by atoms with van der Waals surface area (Å²) in [6.45, 7) is 0.581. The SMILES string of the molecule is C#CCCC1(CCC(=O)Nc2ccn(Cc3cccc4cccnc34)n2)N=N1. The molecule has 0 fully saturated rings. The van der Waals surface area contributed by atoms with Crippen LogP contribution in [0.15, 0.2) is 59.0 Å². The van der Waals surface area contributed by atoms with Crippen molar-refractivity contribution in [3.63, 3.8) is 0 Å². The molecular formula is C21H20N6O. The minimum atomic E-state index is -0.440. The van der Waals surface area contributed by atoms with Crippen LogP contribution in [0.3, 0.4) is 0 Å². The molecule has 0 saturated carbocycles. The van der Waals surface area contributed by atoms with Crippen LogP contribution >= 0.6 is 0 Å². The number of para-hydroxylation sites is 1. The zero-order chi connectivity index (χ0) is 19.4. The first-order valence-corrected chi connectivity index (χ1v) is 9.21. The third-order valence-electron chi connectivity index (χ3n) is 4.76. The van der Waals surface area contributed by atoms with Gasteiger partial charge in [0.2, 0.25) is 5.91 Å². The van der Waals surface area contributed by atoms with E-state index in [1.54, 1.807) is 16.9 Å². The number of benzene rings is 1. The lowest BCUT2D eigenvalue weighted by Crippen LogP contribution is -2.18. The Bertz CT molecular complexity index is 1070. The highest BCUT2D eigenvalue weighted by Gasteiger charge is 2.39. The fourth-order valence-corrected chi connectivity index (χ4v) is 3.17. The Morgan fingerprint density at radius 2 is 2.04 bits per heavy atom. The number of carbonyl (C=O) groups excluding carboxylic acids is 1. The summed E-state index contributed by atoms with van der Waals surface area (Å²) in [6.07, 6.45) is 11.1. The molecule has 28 heavy (non-hydrogen) atoms. The zero-order valence-corrected chi connectivity index (χ0v) is 15.4. The van der Waals surface area contributed by atoms with Gasteiger partial charge in [-0.05, 0) is 11.6 Å². The molecular weight excluding hydrogens is 352 g/mol. The third-order valence-corrected chi connectivity index (χ3v) is 4.76. The summed E-state index contributed by atoms with van der Waals surface area (Å²) in [5.74, 6) is 3.01. The van der Waals surface area contributed by atoms with Crippen LogP contribution in [0.25, 0.3) is 10.9 Å². The van der Waals surface area contributed by atoms with Crippen LogP contribution in [0.2, 0.25) is 0 Å². The van der Waals surface area contributed by atoms with E-state index >= 15 is 0 Å². The summed E-state index contributed by atoms with van der Waals surface area (Å²) in [7, 11) is 0. The molecule has 0 radical (unpaired) electrons. The molecule has 2 aromatic heterocycles. The van der Waals surface area contributed by atoms with Crippen LogP contribution in [0.5, 0.6) is 0 Å². The van der Waals surface area contributed by atoms with Crippen molar-refractivity contribution in [3.8, 4) is 12.3 Å². The van der Waals surface area contributed by atoms with Gasteiger partial charge in [-0.25, -0.2) is 0 Å². The maximum Gasteiger partial charge on any atom is 0.225 e. The van der Waals surface area contributed by atoms with E-state index in [9.17, 15) is 4.79 Å². The number of nitrogens with one attached hydrogen (secondary N) is 1. The van der Waals surface area contributed by atoms with Crippen molar-refractivity contribution in [1.82, 2.24) is 14.8 Å². The van der Waals surface area contributed by atoms with Gasteiger partial charge in [-0.15, -0.1) is 12.3 Å². The number of terminal acetylenes is 1. The summed E-state index contributed by atoms with van der Waals surface area (Å²) in [5.41, 5.74) is 1.59. The molecule has 3 aromatic rings. The molecule has 0 bridgehead atoms. The molecule has 7 nitrogen and oxygen atoms in total. The predicted molar refractivity (Wildman–Crippen MR) is 107 cm³/mol. The normalized spacial score (nSPS) is 14.0. The topological polar surface area (TPSA) is 84.5 Å². The van der Waals surface area contributed by atoms with Gasteiger partial charge in [0.05, 0.1) is 12.1 Å². The number of rotatable bonds is 8. The lowest BCUT2D eigenvalue weighted by atomic mass is 10.0. The number of pyridine rings is 1. The average Bonchev–Trinajstić information content (AvgIpc) is 3.36. The zero-order valence-electron chi connectivity index (χ0n) is 15.4. The average molecular weight is 372 g/mol. The predicted octanol–water partition coefficient (Wildman–Crippen LogP) is 3.77. The Labute approximate surface area is 162 Å². The van der Waals surface area contributed by atoms with Gasteiger partial charge in [0.1, 0.15) is 0 Å². The standard InChI is InChI=1S/C21H20N6O/c1-2-3-11-21(25-26-21)12-9-19(28)23-18-10-14-27(24-18)15-17-7-4-6-16-8-5-13-22-20(16)17/h1,4-8,10,13-14H,3,9,11-12,15H2,(H,23,24,28). The molecule has 1 N–H and O–H groups in total. The van der Waals surface area contributed by atoms with Crippen LogP contribution in [-0.2, 0) is 11.3 Å². The number of amides is 1. The summed E-state index contributed by atoms with van der Waals surface area (Å²) in [4.78, 5) is 16.7. The first-order chi connectivity index (χ1) is 13.7. The Morgan fingerprint density at radius 1 is 1.18 bits per heavy atom. The number of fused-ring (bicyclic) bond motifs is 1. The fraction of sp³-hybridized carbons (Fsp3) is 0.286. The number of nitrogens with zero attached hydrogens (tertiary/aromatic N) is 5. The maximum atomic E-state index is 12.2. The van der Waals surface area contributed by atoms with Crippen LogP contribution in [0.4, 0.5) is 5.82 Å². The molecule has 0 aliphatic carbocycles. The number of carbonyl (C=O) groups is 1. The lowest BCUT2D eigenvalue weighted by Gasteiger charge is -2.08. The molecule has 0 unspecified atom stereocenters. The molecule has 140 valence electrons. The van der Waals surface area contributed by atoms with Crippen molar-refractivity contribution in [2.45, 2.75) is 37.9 Å².